The third kappa shape index (κ3) is 4.68. The van der Waals surface area contributed by atoms with E-state index in [2.05, 4.69) is 27.7 Å². The lowest BCUT2D eigenvalue weighted by atomic mass is 9.79. The van der Waals surface area contributed by atoms with E-state index in [1.54, 1.807) is 12.1 Å². The average Bonchev–Trinajstić information content (AvgIpc) is 2.20. The second-order valence-electron chi connectivity index (χ2n) is 5.81. The van der Waals surface area contributed by atoms with Gasteiger partial charge in [0.25, 0.3) is 0 Å². The van der Waals surface area contributed by atoms with Crippen LogP contribution in [0.2, 0.25) is 0 Å². The van der Waals surface area contributed by atoms with Gasteiger partial charge in [-0.3, -0.25) is 4.79 Å². The molecule has 0 aliphatic carbocycles. The fourth-order valence-corrected chi connectivity index (χ4v) is 1.55. The minimum absolute atomic E-state index is 0.151. The van der Waals surface area contributed by atoms with E-state index in [1.165, 1.54) is 12.1 Å². The number of benzene rings is 1. The molecule has 0 radical (unpaired) electrons. The SMILES string of the molecule is CC(CC(=O)Cc1ccc(F)cc1)C(C)(C)C. The van der Waals surface area contributed by atoms with Crippen LogP contribution in [0.1, 0.15) is 39.7 Å². The van der Waals surface area contributed by atoms with Crippen molar-refractivity contribution in [3.63, 3.8) is 0 Å². The van der Waals surface area contributed by atoms with Crippen LogP contribution in [0.4, 0.5) is 4.39 Å². The van der Waals surface area contributed by atoms with Gasteiger partial charge in [0.15, 0.2) is 0 Å². The molecule has 0 amide bonds. The number of ketones is 1. The van der Waals surface area contributed by atoms with Crippen LogP contribution in [0.5, 0.6) is 0 Å². The highest BCUT2D eigenvalue weighted by atomic mass is 19.1. The molecule has 0 bridgehead atoms. The van der Waals surface area contributed by atoms with E-state index in [0.717, 1.165) is 5.56 Å². The molecule has 0 N–H and O–H groups in total. The zero-order chi connectivity index (χ0) is 13.1. The number of carbonyl (C=O) groups excluding carboxylic acids is 1. The summed E-state index contributed by atoms with van der Waals surface area (Å²) in [5.74, 6) is 0.318. The van der Waals surface area contributed by atoms with Crippen LogP contribution < -0.4 is 0 Å². The summed E-state index contributed by atoms with van der Waals surface area (Å²) in [7, 11) is 0. The summed E-state index contributed by atoms with van der Waals surface area (Å²) in [5.41, 5.74) is 1.04. The fourth-order valence-electron chi connectivity index (χ4n) is 1.55. The summed E-state index contributed by atoms with van der Waals surface area (Å²) in [6, 6.07) is 6.15. The summed E-state index contributed by atoms with van der Waals surface area (Å²) in [4.78, 5) is 11.9. The normalized spacial score (nSPS) is 13.5. The van der Waals surface area contributed by atoms with Crippen molar-refractivity contribution >= 4 is 5.78 Å². The van der Waals surface area contributed by atoms with E-state index < -0.39 is 0 Å². The molecule has 0 saturated carbocycles. The third-order valence-electron chi connectivity index (χ3n) is 3.33. The van der Waals surface area contributed by atoms with Crippen molar-refractivity contribution in [1.82, 2.24) is 0 Å². The van der Waals surface area contributed by atoms with Gasteiger partial charge in [0.05, 0.1) is 0 Å². The quantitative estimate of drug-likeness (QED) is 0.772. The highest BCUT2D eigenvalue weighted by Gasteiger charge is 2.22. The highest BCUT2D eigenvalue weighted by molar-refractivity contribution is 5.81. The minimum Gasteiger partial charge on any atom is -0.299 e. The standard InChI is InChI=1S/C15H21FO/c1-11(15(2,3)4)9-14(17)10-12-5-7-13(16)8-6-12/h5-8,11H,9-10H2,1-4H3. The lowest BCUT2D eigenvalue weighted by Crippen LogP contribution is -2.21. The van der Waals surface area contributed by atoms with Crippen molar-refractivity contribution in [3.05, 3.63) is 35.6 Å². The predicted molar refractivity (Wildman–Crippen MR) is 68.3 cm³/mol. The maximum absolute atomic E-state index is 12.7. The van der Waals surface area contributed by atoms with Gasteiger partial charge in [-0.15, -0.1) is 0 Å². The number of rotatable bonds is 4. The van der Waals surface area contributed by atoms with Gasteiger partial charge in [-0.1, -0.05) is 39.8 Å². The Kier molecular flexibility index (Phi) is 4.44. The molecule has 0 heterocycles. The number of Topliss-reactive ketones (excluding diaryl/α,β-unsaturated/α-hetero) is 1. The maximum Gasteiger partial charge on any atom is 0.137 e. The topological polar surface area (TPSA) is 17.1 Å². The molecule has 2 heteroatoms. The Bertz CT molecular complexity index is 373. The molecule has 0 aliphatic heterocycles. The van der Waals surface area contributed by atoms with Crippen molar-refractivity contribution in [3.8, 4) is 0 Å². The first-order chi connectivity index (χ1) is 7.79. The second-order valence-corrected chi connectivity index (χ2v) is 5.81. The first-order valence-electron chi connectivity index (χ1n) is 6.05. The molecule has 0 saturated heterocycles. The van der Waals surface area contributed by atoms with E-state index in [4.69, 9.17) is 0 Å². The zero-order valence-electron chi connectivity index (χ0n) is 11.1. The Morgan fingerprint density at radius 1 is 1.24 bits per heavy atom. The largest absolute Gasteiger partial charge is 0.299 e. The van der Waals surface area contributed by atoms with Crippen molar-refractivity contribution in [2.24, 2.45) is 11.3 Å². The Hall–Kier alpha value is -1.18. The van der Waals surface area contributed by atoms with Gasteiger partial charge in [0.1, 0.15) is 11.6 Å². The Labute approximate surface area is 103 Å². The summed E-state index contributed by atoms with van der Waals surface area (Å²) in [5, 5.41) is 0. The van der Waals surface area contributed by atoms with E-state index in [9.17, 15) is 9.18 Å². The number of hydrogen-bond acceptors (Lipinski definition) is 1. The van der Waals surface area contributed by atoms with Crippen LogP contribution in [0.15, 0.2) is 24.3 Å². The Morgan fingerprint density at radius 3 is 2.24 bits per heavy atom. The second kappa shape index (κ2) is 5.44. The van der Waals surface area contributed by atoms with Crippen molar-refractivity contribution in [2.75, 3.05) is 0 Å². The molecular weight excluding hydrogens is 215 g/mol. The van der Waals surface area contributed by atoms with Gasteiger partial charge in [-0.2, -0.15) is 0 Å². The van der Waals surface area contributed by atoms with Gasteiger partial charge < -0.3 is 0 Å². The molecule has 0 aliphatic rings. The minimum atomic E-state index is -0.260. The van der Waals surface area contributed by atoms with Gasteiger partial charge in [0.2, 0.25) is 0 Å². The molecule has 17 heavy (non-hydrogen) atoms. The smallest absolute Gasteiger partial charge is 0.137 e. The van der Waals surface area contributed by atoms with Crippen LogP contribution in [-0.4, -0.2) is 5.78 Å². The lowest BCUT2D eigenvalue weighted by molar-refractivity contribution is -0.120. The Morgan fingerprint density at radius 2 is 1.76 bits per heavy atom. The predicted octanol–water partition coefficient (Wildman–Crippen LogP) is 4.01. The van der Waals surface area contributed by atoms with E-state index in [0.29, 0.717) is 18.8 Å². The van der Waals surface area contributed by atoms with E-state index in [-0.39, 0.29) is 17.0 Å². The van der Waals surface area contributed by atoms with Crippen LogP contribution in [0.3, 0.4) is 0 Å². The molecule has 94 valence electrons. The molecule has 1 atom stereocenters. The number of halogens is 1. The van der Waals surface area contributed by atoms with E-state index in [1.807, 2.05) is 0 Å². The molecule has 1 aromatic rings. The Balaban J connectivity index is 2.53. The monoisotopic (exact) mass is 236 g/mol. The first-order valence-corrected chi connectivity index (χ1v) is 6.05. The van der Waals surface area contributed by atoms with Crippen molar-refractivity contribution in [2.45, 2.75) is 40.5 Å². The number of carbonyl (C=O) groups is 1. The molecule has 1 aromatic carbocycles. The maximum atomic E-state index is 12.7. The molecule has 1 nitrogen and oxygen atoms in total. The third-order valence-corrected chi connectivity index (χ3v) is 3.33. The fraction of sp³-hybridized carbons (Fsp3) is 0.533. The first kappa shape index (κ1) is 13.9. The van der Waals surface area contributed by atoms with Crippen molar-refractivity contribution in [1.29, 1.82) is 0 Å². The molecule has 1 rings (SSSR count). The zero-order valence-corrected chi connectivity index (χ0v) is 11.1. The van der Waals surface area contributed by atoms with Crippen LogP contribution >= 0.6 is 0 Å². The molecule has 0 spiro atoms. The summed E-state index contributed by atoms with van der Waals surface area (Å²) in [6.07, 6.45) is 0.988. The average molecular weight is 236 g/mol. The van der Waals surface area contributed by atoms with Gasteiger partial charge >= 0.3 is 0 Å². The van der Waals surface area contributed by atoms with Gasteiger partial charge in [-0.05, 0) is 29.0 Å². The summed E-state index contributed by atoms with van der Waals surface area (Å²) in [6.45, 7) is 8.52. The lowest BCUT2D eigenvalue weighted by Gasteiger charge is -2.26. The molecule has 0 aromatic heterocycles. The van der Waals surface area contributed by atoms with Crippen LogP contribution in [0, 0.1) is 17.2 Å². The molecule has 0 fully saturated rings. The van der Waals surface area contributed by atoms with Gasteiger partial charge in [0, 0.05) is 12.8 Å². The van der Waals surface area contributed by atoms with E-state index >= 15 is 0 Å². The number of hydrogen-bond donors (Lipinski definition) is 0. The molecule has 1 unspecified atom stereocenters. The molecular formula is C15H21FO. The van der Waals surface area contributed by atoms with Crippen LogP contribution in [0.25, 0.3) is 0 Å². The van der Waals surface area contributed by atoms with Gasteiger partial charge in [-0.25, -0.2) is 4.39 Å². The highest BCUT2D eigenvalue weighted by Crippen LogP contribution is 2.28. The summed E-state index contributed by atoms with van der Waals surface area (Å²) >= 11 is 0. The summed E-state index contributed by atoms with van der Waals surface area (Å²) < 4.78 is 12.7. The van der Waals surface area contributed by atoms with Crippen LogP contribution in [-0.2, 0) is 11.2 Å². The van der Waals surface area contributed by atoms with Crippen molar-refractivity contribution < 1.29 is 9.18 Å².